The maximum Gasteiger partial charge on any atom is 0.0350 e. The molecule has 2 nitrogen and oxygen atoms in total. The molecule has 0 amide bonds. The lowest BCUT2D eigenvalue weighted by atomic mass is 9.95. The zero-order valence-electron chi connectivity index (χ0n) is 11.1. The molecule has 1 atom stereocenters. The highest BCUT2D eigenvalue weighted by atomic mass is 15.2. The highest BCUT2D eigenvalue weighted by molar-refractivity contribution is 5.31. The largest absolute Gasteiger partial charge is 0.328 e. The van der Waals surface area contributed by atoms with E-state index in [1.807, 2.05) is 0 Å². The van der Waals surface area contributed by atoms with Gasteiger partial charge in [0.05, 0.1) is 0 Å². The number of likely N-dealkylation sites (tertiary alicyclic amines) is 1. The highest BCUT2D eigenvalue weighted by Crippen LogP contribution is 2.34. The van der Waals surface area contributed by atoms with Gasteiger partial charge in [0.2, 0.25) is 0 Å². The van der Waals surface area contributed by atoms with Gasteiger partial charge in [-0.25, -0.2) is 0 Å². The summed E-state index contributed by atoms with van der Waals surface area (Å²) in [5, 5.41) is 0. The third-order valence-corrected chi connectivity index (χ3v) is 4.60. The van der Waals surface area contributed by atoms with Crippen molar-refractivity contribution in [2.45, 2.75) is 50.6 Å². The Hall–Kier alpha value is -0.860. The Bertz CT molecular complexity index is 394. The highest BCUT2D eigenvalue weighted by Gasteiger charge is 2.27. The third-order valence-electron chi connectivity index (χ3n) is 4.60. The van der Waals surface area contributed by atoms with E-state index in [9.17, 15) is 0 Å². The Labute approximate surface area is 110 Å². The first-order valence-corrected chi connectivity index (χ1v) is 7.42. The molecule has 0 bridgehead atoms. The molecule has 2 N–H and O–H groups in total. The quantitative estimate of drug-likeness (QED) is 0.770. The molecule has 1 fully saturated rings. The first kappa shape index (κ1) is 12.2. The minimum absolute atomic E-state index is 0.433. The second kappa shape index (κ2) is 5.41. The molecule has 2 heteroatoms. The number of rotatable bonds is 1. The Balaban J connectivity index is 1.83. The van der Waals surface area contributed by atoms with Gasteiger partial charge in [-0.15, -0.1) is 0 Å². The summed E-state index contributed by atoms with van der Waals surface area (Å²) in [7, 11) is 0. The number of nitrogens with two attached hydrogens (primary N) is 1. The second-order valence-electron chi connectivity index (χ2n) is 5.83. The van der Waals surface area contributed by atoms with Gasteiger partial charge < -0.3 is 5.73 Å². The lowest BCUT2D eigenvalue weighted by molar-refractivity contribution is 0.145. The summed E-state index contributed by atoms with van der Waals surface area (Å²) >= 11 is 0. The zero-order chi connectivity index (χ0) is 12.4. The normalized spacial score (nSPS) is 26.6. The average Bonchev–Trinajstić information content (AvgIpc) is 2.62. The van der Waals surface area contributed by atoms with Crippen LogP contribution in [0.4, 0.5) is 0 Å². The van der Waals surface area contributed by atoms with Crippen LogP contribution in [0.25, 0.3) is 0 Å². The van der Waals surface area contributed by atoms with Crippen LogP contribution in [0, 0.1) is 0 Å². The number of benzene rings is 1. The van der Waals surface area contributed by atoms with E-state index in [0.29, 0.717) is 12.1 Å². The minimum Gasteiger partial charge on any atom is -0.328 e. The third kappa shape index (κ3) is 2.45. The van der Waals surface area contributed by atoms with Gasteiger partial charge in [-0.2, -0.15) is 0 Å². The molecular formula is C16H24N2. The van der Waals surface area contributed by atoms with Crippen molar-refractivity contribution in [1.82, 2.24) is 4.90 Å². The van der Waals surface area contributed by atoms with Crippen molar-refractivity contribution in [2.75, 3.05) is 13.1 Å². The van der Waals surface area contributed by atoms with Crippen LogP contribution in [0.15, 0.2) is 24.3 Å². The molecule has 18 heavy (non-hydrogen) atoms. The summed E-state index contributed by atoms with van der Waals surface area (Å²) in [6.45, 7) is 2.36. The fourth-order valence-electron chi connectivity index (χ4n) is 3.51. The van der Waals surface area contributed by atoms with Crippen molar-refractivity contribution in [1.29, 1.82) is 0 Å². The van der Waals surface area contributed by atoms with Crippen molar-refractivity contribution in [3.63, 3.8) is 0 Å². The van der Waals surface area contributed by atoms with Crippen LogP contribution in [-0.4, -0.2) is 24.0 Å². The summed E-state index contributed by atoms with van der Waals surface area (Å²) in [6.07, 6.45) is 7.63. The van der Waals surface area contributed by atoms with Crippen LogP contribution in [0.2, 0.25) is 0 Å². The minimum atomic E-state index is 0.433. The number of aryl methyl sites for hydroxylation is 1. The number of piperidine rings is 1. The summed E-state index contributed by atoms with van der Waals surface area (Å²) in [5.74, 6) is 0. The maximum absolute atomic E-state index is 6.03. The Morgan fingerprint density at radius 1 is 1.00 bits per heavy atom. The van der Waals surface area contributed by atoms with E-state index in [2.05, 4.69) is 29.2 Å². The first-order chi connectivity index (χ1) is 8.84. The molecule has 3 rings (SSSR count). The summed E-state index contributed by atoms with van der Waals surface area (Å²) in [5.41, 5.74) is 9.19. The molecule has 1 saturated heterocycles. The van der Waals surface area contributed by atoms with E-state index < -0.39 is 0 Å². The zero-order valence-corrected chi connectivity index (χ0v) is 11.1. The number of hydrogen-bond donors (Lipinski definition) is 1. The lowest BCUT2D eigenvalue weighted by Gasteiger charge is -2.37. The summed E-state index contributed by atoms with van der Waals surface area (Å²) in [4.78, 5) is 2.67. The van der Waals surface area contributed by atoms with Gasteiger partial charge in [0.15, 0.2) is 0 Å². The summed E-state index contributed by atoms with van der Waals surface area (Å²) in [6, 6.07) is 10.1. The van der Waals surface area contributed by atoms with Crippen molar-refractivity contribution in [3.05, 3.63) is 35.4 Å². The lowest BCUT2D eigenvalue weighted by Crippen LogP contribution is -2.41. The molecular weight excluding hydrogens is 220 g/mol. The van der Waals surface area contributed by atoms with E-state index in [4.69, 9.17) is 5.73 Å². The maximum atomic E-state index is 6.03. The predicted molar refractivity (Wildman–Crippen MR) is 75.5 cm³/mol. The smallest absolute Gasteiger partial charge is 0.0350 e. The molecule has 0 spiro atoms. The molecule has 0 aromatic heterocycles. The molecule has 1 aliphatic carbocycles. The van der Waals surface area contributed by atoms with E-state index in [1.165, 1.54) is 51.6 Å². The van der Waals surface area contributed by atoms with Gasteiger partial charge in [-0.1, -0.05) is 30.7 Å². The Morgan fingerprint density at radius 2 is 1.78 bits per heavy atom. The number of nitrogens with zero attached hydrogens (tertiary/aromatic N) is 1. The number of hydrogen-bond acceptors (Lipinski definition) is 2. The van der Waals surface area contributed by atoms with Crippen molar-refractivity contribution >= 4 is 0 Å². The van der Waals surface area contributed by atoms with Crippen molar-refractivity contribution in [3.8, 4) is 0 Å². The number of fused-ring (bicyclic) bond motifs is 1. The molecule has 1 heterocycles. The fraction of sp³-hybridized carbons (Fsp3) is 0.625. The van der Waals surface area contributed by atoms with Gasteiger partial charge in [-0.3, -0.25) is 4.90 Å². The average molecular weight is 244 g/mol. The molecule has 1 unspecified atom stereocenters. The molecule has 2 aliphatic rings. The second-order valence-corrected chi connectivity index (χ2v) is 5.83. The van der Waals surface area contributed by atoms with Gasteiger partial charge in [0.25, 0.3) is 0 Å². The fourth-order valence-corrected chi connectivity index (χ4v) is 3.51. The van der Waals surface area contributed by atoms with Crippen LogP contribution in [-0.2, 0) is 6.42 Å². The van der Waals surface area contributed by atoms with Gasteiger partial charge >= 0.3 is 0 Å². The molecule has 0 saturated carbocycles. The predicted octanol–water partition coefficient (Wildman–Crippen LogP) is 2.88. The summed E-state index contributed by atoms with van der Waals surface area (Å²) < 4.78 is 0. The van der Waals surface area contributed by atoms with Gasteiger partial charge in [-0.05, 0) is 43.2 Å². The first-order valence-electron chi connectivity index (χ1n) is 7.42. The van der Waals surface area contributed by atoms with Gasteiger partial charge in [0, 0.05) is 25.2 Å². The molecule has 0 radical (unpaired) electrons. The van der Waals surface area contributed by atoms with Crippen LogP contribution < -0.4 is 5.73 Å². The topological polar surface area (TPSA) is 29.3 Å². The van der Waals surface area contributed by atoms with Gasteiger partial charge in [0.1, 0.15) is 0 Å². The van der Waals surface area contributed by atoms with E-state index in [-0.39, 0.29) is 0 Å². The van der Waals surface area contributed by atoms with Crippen LogP contribution in [0.5, 0.6) is 0 Å². The molecule has 1 aromatic rings. The van der Waals surface area contributed by atoms with Crippen molar-refractivity contribution in [2.24, 2.45) is 5.73 Å². The SMILES string of the molecule is NC1CCN(C2CCCCc3ccccc32)CC1. The van der Waals surface area contributed by atoms with Crippen LogP contribution >= 0.6 is 0 Å². The van der Waals surface area contributed by atoms with E-state index >= 15 is 0 Å². The van der Waals surface area contributed by atoms with Crippen LogP contribution in [0.3, 0.4) is 0 Å². The molecule has 1 aromatic carbocycles. The monoisotopic (exact) mass is 244 g/mol. The Morgan fingerprint density at radius 3 is 2.61 bits per heavy atom. The Kier molecular flexibility index (Phi) is 3.67. The van der Waals surface area contributed by atoms with E-state index in [1.54, 1.807) is 11.1 Å². The van der Waals surface area contributed by atoms with E-state index in [0.717, 1.165) is 0 Å². The van der Waals surface area contributed by atoms with Crippen LogP contribution in [0.1, 0.15) is 49.3 Å². The van der Waals surface area contributed by atoms with Crippen molar-refractivity contribution < 1.29 is 0 Å². The molecule has 1 aliphatic heterocycles. The molecule has 98 valence electrons. The standard InChI is InChI=1S/C16H24N2/c17-14-9-11-18(12-10-14)16-8-4-2-6-13-5-1-3-7-15(13)16/h1,3,5,7,14,16H,2,4,6,8-12,17H2.